The third-order valence-corrected chi connectivity index (χ3v) is 7.04. The molecule has 2 amide bonds. The van der Waals surface area contributed by atoms with Crippen LogP contribution in [0.5, 0.6) is 11.5 Å². The minimum absolute atomic E-state index is 0.160. The first kappa shape index (κ1) is 20.2. The molecule has 0 radical (unpaired) electrons. The van der Waals surface area contributed by atoms with Gasteiger partial charge in [0.1, 0.15) is 17.0 Å². The third kappa shape index (κ3) is 2.91. The fraction of sp³-hybridized carbons (Fsp3) is 0.391. The van der Waals surface area contributed by atoms with Gasteiger partial charge in [-0.2, -0.15) is 0 Å². The van der Waals surface area contributed by atoms with Gasteiger partial charge in [0.05, 0.1) is 25.8 Å². The number of anilines is 2. The van der Waals surface area contributed by atoms with Crippen LogP contribution in [0.2, 0.25) is 5.02 Å². The minimum atomic E-state index is -1.06. The van der Waals surface area contributed by atoms with E-state index in [0.29, 0.717) is 28.6 Å². The van der Waals surface area contributed by atoms with Crippen LogP contribution in [0.1, 0.15) is 24.8 Å². The number of rotatable bonds is 4. The van der Waals surface area contributed by atoms with E-state index < -0.39 is 11.5 Å². The molecule has 2 saturated heterocycles. The van der Waals surface area contributed by atoms with Crippen molar-refractivity contribution in [1.82, 2.24) is 4.90 Å². The maximum absolute atomic E-state index is 13.7. The van der Waals surface area contributed by atoms with Crippen molar-refractivity contribution in [3.8, 4) is 11.5 Å². The van der Waals surface area contributed by atoms with E-state index in [0.717, 1.165) is 30.6 Å². The number of fused-ring (bicyclic) bond motifs is 4. The summed E-state index contributed by atoms with van der Waals surface area (Å²) in [5, 5.41) is 6.54. The van der Waals surface area contributed by atoms with Gasteiger partial charge < -0.3 is 20.1 Å². The number of methoxy groups -OCH3 is 2. The Morgan fingerprint density at radius 1 is 1.23 bits per heavy atom. The van der Waals surface area contributed by atoms with Crippen LogP contribution in [0.3, 0.4) is 0 Å². The van der Waals surface area contributed by atoms with Crippen molar-refractivity contribution in [2.24, 2.45) is 5.92 Å². The highest BCUT2D eigenvalue weighted by molar-refractivity contribution is 6.31. The zero-order valence-electron chi connectivity index (χ0n) is 17.4. The van der Waals surface area contributed by atoms with Gasteiger partial charge in [-0.05, 0) is 56.1 Å². The molecular formula is C23H24ClN3O4. The molecule has 162 valence electrons. The molecule has 2 aromatic carbocycles. The molecule has 0 saturated carbocycles. The smallest absolute Gasteiger partial charge is 0.250 e. The second-order valence-corrected chi connectivity index (χ2v) is 8.68. The highest BCUT2D eigenvalue weighted by atomic mass is 35.5. The van der Waals surface area contributed by atoms with Crippen LogP contribution in [0.25, 0.3) is 0 Å². The summed E-state index contributed by atoms with van der Waals surface area (Å²) >= 11 is 6.32. The molecular weight excluding hydrogens is 418 g/mol. The van der Waals surface area contributed by atoms with Crippen molar-refractivity contribution in [2.45, 2.75) is 30.8 Å². The van der Waals surface area contributed by atoms with Crippen LogP contribution in [0, 0.1) is 5.92 Å². The monoisotopic (exact) mass is 441 g/mol. The third-order valence-electron chi connectivity index (χ3n) is 6.81. The molecule has 7 nitrogen and oxygen atoms in total. The van der Waals surface area contributed by atoms with E-state index >= 15 is 0 Å². The van der Waals surface area contributed by atoms with Gasteiger partial charge in [0, 0.05) is 28.4 Å². The van der Waals surface area contributed by atoms with E-state index in [2.05, 4.69) is 15.5 Å². The molecule has 1 spiro atoms. The maximum atomic E-state index is 13.7. The first-order valence-corrected chi connectivity index (χ1v) is 10.8. The highest BCUT2D eigenvalue weighted by Crippen LogP contribution is 2.56. The maximum Gasteiger partial charge on any atom is 0.250 e. The molecule has 5 rings (SSSR count). The normalized spacial score (nSPS) is 26.5. The summed E-state index contributed by atoms with van der Waals surface area (Å²) in [7, 11) is 3.12. The summed E-state index contributed by atoms with van der Waals surface area (Å²) in [6.07, 6.45) is 2.59. The Balaban J connectivity index is 1.57. The molecule has 3 atom stereocenters. The van der Waals surface area contributed by atoms with E-state index in [-0.39, 0.29) is 17.9 Å². The van der Waals surface area contributed by atoms with Crippen molar-refractivity contribution in [3.05, 3.63) is 47.0 Å². The largest absolute Gasteiger partial charge is 0.497 e. The zero-order chi connectivity index (χ0) is 21.8. The van der Waals surface area contributed by atoms with Crippen LogP contribution in [0.15, 0.2) is 36.4 Å². The molecule has 2 aromatic rings. The number of hydrogen-bond donors (Lipinski definition) is 2. The van der Waals surface area contributed by atoms with Crippen molar-refractivity contribution >= 4 is 34.8 Å². The molecule has 2 N–H and O–H groups in total. The van der Waals surface area contributed by atoms with Gasteiger partial charge in [0.15, 0.2) is 0 Å². The van der Waals surface area contributed by atoms with E-state index in [4.69, 9.17) is 21.1 Å². The van der Waals surface area contributed by atoms with E-state index in [1.54, 1.807) is 38.5 Å². The van der Waals surface area contributed by atoms with Gasteiger partial charge in [-0.3, -0.25) is 14.5 Å². The average molecular weight is 442 g/mol. The lowest BCUT2D eigenvalue weighted by Crippen LogP contribution is -2.53. The fourth-order valence-corrected chi connectivity index (χ4v) is 5.70. The second kappa shape index (κ2) is 7.43. The lowest BCUT2D eigenvalue weighted by Gasteiger charge is -2.36. The van der Waals surface area contributed by atoms with E-state index in [1.165, 1.54) is 0 Å². The number of nitrogens with one attached hydrogen (secondary N) is 2. The van der Waals surface area contributed by atoms with E-state index in [1.807, 2.05) is 12.1 Å². The molecule has 0 unspecified atom stereocenters. The first-order valence-electron chi connectivity index (χ1n) is 10.4. The number of nitrogens with zero attached hydrogens (tertiary/aromatic N) is 1. The molecule has 3 heterocycles. The van der Waals surface area contributed by atoms with Crippen LogP contribution in [0.4, 0.5) is 11.4 Å². The lowest BCUT2D eigenvalue weighted by molar-refractivity contribution is -0.135. The van der Waals surface area contributed by atoms with Gasteiger partial charge in [-0.25, -0.2) is 0 Å². The predicted octanol–water partition coefficient (Wildman–Crippen LogP) is 3.63. The standard InChI is InChI=1S/C23H24ClN3O4/c1-30-15-6-8-20(31-2)19(12-15)25-21(28)17-11-14-4-3-9-27(14)23(17)16-10-13(24)5-7-18(16)26-22(23)29/h5-8,10,12,14,17H,3-4,9,11H2,1-2H3,(H,25,28)(H,26,29)/t14-,17-,23+/m0/s1. The summed E-state index contributed by atoms with van der Waals surface area (Å²) in [5.41, 5.74) is 0.960. The molecule has 3 aliphatic rings. The van der Waals surface area contributed by atoms with E-state index in [9.17, 15) is 9.59 Å². The number of benzene rings is 2. The van der Waals surface area contributed by atoms with Crippen molar-refractivity contribution < 1.29 is 19.1 Å². The zero-order valence-corrected chi connectivity index (χ0v) is 18.2. The van der Waals surface area contributed by atoms with Crippen LogP contribution in [-0.2, 0) is 15.1 Å². The van der Waals surface area contributed by atoms with Crippen molar-refractivity contribution in [3.63, 3.8) is 0 Å². The van der Waals surface area contributed by atoms with Gasteiger partial charge >= 0.3 is 0 Å². The minimum Gasteiger partial charge on any atom is -0.497 e. The quantitative estimate of drug-likeness (QED) is 0.757. The van der Waals surface area contributed by atoms with Crippen LogP contribution in [-0.4, -0.2) is 43.5 Å². The van der Waals surface area contributed by atoms with Crippen LogP contribution >= 0.6 is 11.6 Å². The number of carbonyl (C=O) groups excluding carboxylic acids is 2. The van der Waals surface area contributed by atoms with Gasteiger partial charge in [-0.15, -0.1) is 0 Å². The number of hydrogen-bond acceptors (Lipinski definition) is 5. The molecule has 0 bridgehead atoms. The fourth-order valence-electron chi connectivity index (χ4n) is 5.53. The van der Waals surface area contributed by atoms with Crippen LogP contribution < -0.4 is 20.1 Å². The Bertz CT molecular complexity index is 1070. The Morgan fingerprint density at radius 2 is 2.06 bits per heavy atom. The number of carbonyl (C=O) groups is 2. The number of amides is 2. The molecule has 3 aliphatic heterocycles. The molecule has 31 heavy (non-hydrogen) atoms. The highest BCUT2D eigenvalue weighted by Gasteiger charge is 2.65. The number of ether oxygens (including phenoxy) is 2. The summed E-state index contributed by atoms with van der Waals surface area (Å²) in [6.45, 7) is 0.774. The molecule has 0 aromatic heterocycles. The number of halogens is 1. The summed E-state index contributed by atoms with van der Waals surface area (Å²) in [4.78, 5) is 29.4. The Hall–Kier alpha value is -2.77. The first-order chi connectivity index (χ1) is 15.0. The van der Waals surface area contributed by atoms with Crippen molar-refractivity contribution in [1.29, 1.82) is 0 Å². The second-order valence-electron chi connectivity index (χ2n) is 8.24. The SMILES string of the molecule is COc1ccc(OC)c(NC(=O)[C@@H]2C[C@@H]3CCCN3[C@@]23C(=O)Nc2ccc(Cl)cc23)c1. The predicted molar refractivity (Wildman–Crippen MR) is 118 cm³/mol. The Kier molecular flexibility index (Phi) is 4.83. The van der Waals surface area contributed by atoms with Crippen molar-refractivity contribution in [2.75, 3.05) is 31.4 Å². The Labute approximate surface area is 185 Å². The molecule has 2 fully saturated rings. The topological polar surface area (TPSA) is 79.9 Å². The van der Waals surface area contributed by atoms with Gasteiger partial charge in [0.2, 0.25) is 11.8 Å². The summed E-state index contributed by atoms with van der Waals surface area (Å²) in [5.74, 6) is 0.193. The Morgan fingerprint density at radius 3 is 2.84 bits per heavy atom. The van der Waals surface area contributed by atoms with Gasteiger partial charge in [-0.1, -0.05) is 11.6 Å². The molecule has 0 aliphatic carbocycles. The summed E-state index contributed by atoms with van der Waals surface area (Å²) in [6, 6.07) is 10.8. The van der Waals surface area contributed by atoms with Gasteiger partial charge in [0.25, 0.3) is 0 Å². The lowest BCUT2D eigenvalue weighted by atomic mass is 9.78. The summed E-state index contributed by atoms with van der Waals surface area (Å²) < 4.78 is 10.7. The average Bonchev–Trinajstić information content (AvgIpc) is 3.42. The molecule has 8 heteroatoms.